The van der Waals surface area contributed by atoms with Crippen LogP contribution in [-0.4, -0.2) is 15.7 Å². The van der Waals surface area contributed by atoms with Crippen molar-refractivity contribution < 1.29 is 4.79 Å². The summed E-state index contributed by atoms with van der Waals surface area (Å²) in [5, 5.41) is 7.17. The fraction of sp³-hybridized carbons (Fsp3) is 0.333. The molecule has 2 heterocycles. The number of amides is 1. The van der Waals surface area contributed by atoms with Crippen LogP contribution in [0.3, 0.4) is 0 Å². The average molecular weight is 328 g/mol. The van der Waals surface area contributed by atoms with Gasteiger partial charge in [-0.05, 0) is 48.0 Å². The van der Waals surface area contributed by atoms with Crippen molar-refractivity contribution in [1.29, 1.82) is 0 Å². The van der Waals surface area contributed by atoms with E-state index in [4.69, 9.17) is 0 Å². The number of nitrogens with one attached hydrogen (secondary N) is 1. The number of halogens is 1. The molecule has 6 heteroatoms. The van der Waals surface area contributed by atoms with Crippen LogP contribution < -0.4 is 5.32 Å². The van der Waals surface area contributed by atoms with Crippen molar-refractivity contribution in [3.63, 3.8) is 0 Å². The van der Waals surface area contributed by atoms with Crippen molar-refractivity contribution >= 4 is 33.2 Å². The molecule has 2 rings (SSSR count). The van der Waals surface area contributed by atoms with Crippen LogP contribution in [0.5, 0.6) is 0 Å². The van der Waals surface area contributed by atoms with E-state index in [0.717, 1.165) is 14.4 Å². The Labute approximate surface area is 118 Å². The molecule has 1 amide bonds. The van der Waals surface area contributed by atoms with E-state index in [9.17, 15) is 4.79 Å². The molecule has 0 spiro atoms. The summed E-state index contributed by atoms with van der Waals surface area (Å²) in [4.78, 5) is 13.2. The molecule has 0 bridgehead atoms. The number of aromatic nitrogens is 2. The first-order valence-electron chi connectivity index (χ1n) is 5.67. The predicted molar refractivity (Wildman–Crippen MR) is 75.8 cm³/mol. The quantitative estimate of drug-likeness (QED) is 0.938. The molecular weight excluding hydrogens is 314 g/mol. The zero-order valence-electron chi connectivity index (χ0n) is 10.2. The van der Waals surface area contributed by atoms with Gasteiger partial charge in [-0.3, -0.25) is 9.48 Å². The summed E-state index contributed by atoms with van der Waals surface area (Å²) in [6, 6.07) is 5.78. The third-order valence-electron chi connectivity index (χ3n) is 2.49. The number of thiophene rings is 1. The fourth-order valence-corrected chi connectivity index (χ4v) is 3.10. The maximum absolute atomic E-state index is 12.0. The molecule has 0 aliphatic carbocycles. The SMILES string of the molecule is CCn1nc(C)cc1C(=O)NCc1ccc(Br)s1. The maximum atomic E-state index is 12.0. The Morgan fingerprint density at radius 1 is 1.56 bits per heavy atom. The minimum atomic E-state index is -0.0815. The van der Waals surface area contributed by atoms with Crippen LogP contribution in [0.15, 0.2) is 22.0 Å². The Bertz CT molecular complexity index is 561. The summed E-state index contributed by atoms with van der Waals surface area (Å²) in [6.45, 7) is 5.10. The number of hydrogen-bond donors (Lipinski definition) is 1. The van der Waals surface area contributed by atoms with Gasteiger partial charge in [-0.15, -0.1) is 11.3 Å². The van der Waals surface area contributed by atoms with Gasteiger partial charge in [0.05, 0.1) is 16.0 Å². The third kappa shape index (κ3) is 3.00. The Morgan fingerprint density at radius 3 is 2.94 bits per heavy atom. The molecule has 2 aromatic heterocycles. The number of hydrogen-bond acceptors (Lipinski definition) is 3. The Balaban J connectivity index is 2.03. The topological polar surface area (TPSA) is 46.9 Å². The Hall–Kier alpha value is -1.14. The first-order valence-corrected chi connectivity index (χ1v) is 7.28. The van der Waals surface area contributed by atoms with Gasteiger partial charge in [-0.1, -0.05) is 0 Å². The van der Waals surface area contributed by atoms with Crippen molar-refractivity contribution in [2.24, 2.45) is 0 Å². The molecular formula is C12H14BrN3OS. The first-order chi connectivity index (χ1) is 8.60. The van der Waals surface area contributed by atoms with Gasteiger partial charge in [-0.2, -0.15) is 5.10 Å². The van der Waals surface area contributed by atoms with Gasteiger partial charge in [0.2, 0.25) is 0 Å². The van der Waals surface area contributed by atoms with E-state index in [1.54, 1.807) is 16.0 Å². The maximum Gasteiger partial charge on any atom is 0.269 e. The second-order valence-corrected chi connectivity index (χ2v) is 6.42. The molecule has 0 radical (unpaired) electrons. The lowest BCUT2D eigenvalue weighted by molar-refractivity contribution is 0.0940. The van der Waals surface area contributed by atoms with Crippen molar-refractivity contribution in [1.82, 2.24) is 15.1 Å². The van der Waals surface area contributed by atoms with Gasteiger partial charge in [0.15, 0.2) is 0 Å². The minimum absolute atomic E-state index is 0.0815. The summed E-state index contributed by atoms with van der Waals surface area (Å²) in [5.41, 5.74) is 1.48. The lowest BCUT2D eigenvalue weighted by Gasteiger charge is -2.05. The van der Waals surface area contributed by atoms with Gasteiger partial charge in [0.25, 0.3) is 5.91 Å². The van der Waals surface area contributed by atoms with Crippen LogP contribution in [0, 0.1) is 6.92 Å². The lowest BCUT2D eigenvalue weighted by atomic mass is 10.3. The summed E-state index contributed by atoms with van der Waals surface area (Å²) in [7, 11) is 0. The first kappa shape index (κ1) is 13.3. The molecule has 18 heavy (non-hydrogen) atoms. The summed E-state index contributed by atoms with van der Waals surface area (Å²) in [5.74, 6) is -0.0815. The monoisotopic (exact) mass is 327 g/mol. The normalized spacial score (nSPS) is 10.6. The van der Waals surface area contributed by atoms with Crippen LogP contribution in [0.4, 0.5) is 0 Å². The van der Waals surface area contributed by atoms with Gasteiger partial charge in [0, 0.05) is 11.4 Å². The molecule has 1 N–H and O–H groups in total. The van der Waals surface area contributed by atoms with E-state index in [2.05, 4.69) is 26.3 Å². The molecule has 0 atom stereocenters. The Kier molecular flexibility index (Phi) is 4.19. The molecule has 0 aliphatic heterocycles. The van der Waals surface area contributed by atoms with Crippen molar-refractivity contribution in [2.45, 2.75) is 26.9 Å². The van der Waals surface area contributed by atoms with Gasteiger partial charge < -0.3 is 5.32 Å². The number of rotatable bonds is 4. The van der Waals surface area contributed by atoms with E-state index in [1.165, 1.54) is 0 Å². The highest BCUT2D eigenvalue weighted by atomic mass is 79.9. The largest absolute Gasteiger partial charge is 0.346 e. The van der Waals surface area contributed by atoms with Crippen LogP contribution in [0.1, 0.15) is 28.0 Å². The molecule has 0 fully saturated rings. The van der Waals surface area contributed by atoms with E-state index in [1.807, 2.05) is 32.0 Å². The molecule has 2 aromatic rings. The van der Waals surface area contributed by atoms with Crippen molar-refractivity contribution in [2.75, 3.05) is 0 Å². The highest BCUT2D eigenvalue weighted by Crippen LogP contribution is 2.21. The smallest absolute Gasteiger partial charge is 0.269 e. The zero-order valence-corrected chi connectivity index (χ0v) is 12.6. The zero-order chi connectivity index (χ0) is 13.1. The van der Waals surface area contributed by atoms with E-state index in [0.29, 0.717) is 18.8 Å². The second-order valence-electron chi connectivity index (χ2n) is 3.88. The number of carbonyl (C=O) groups excluding carboxylic acids is 1. The molecule has 0 aliphatic rings. The molecule has 4 nitrogen and oxygen atoms in total. The number of carbonyl (C=O) groups is 1. The molecule has 0 saturated heterocycles. The fourth-order valence-electron chi connectivity index (χ4n) is 1.67. The Morgan fingerprint density at radius 2 is 2.33 bits per heavy atom. The van der Waals surface area contributed by atoms with E-state index < -0.39 is 0 Å². The predicted octanol–water partition coefficient (Wildman–Crippen LogP) is 2.97. The number of aryl methyl sites for hydroxylation is 2. The van der Waals surface area contributed by atoms with Crippen molar-refractivity contribution in [3.05, 3.63) is 38.3 Å². The van der Waals surface area contributed by atoms with Crippen molar-refractivity contribution in [3.8, 4) is 0 Å². The van der Waals surface area contributed by atoms with E-state index in [-0.39, 0.29) is 5.91 Å². The van der Waals surface area contributed by atoms with Gasteiger partial charge in [-0.25, -0.2) is 0 Å². The highest BCUT2D eigenvalue weighted by Gasteiger charge is 2.12. The third-order valence-corrected chi connectivity index (χ3v) is 4.11. The molecule has 0 aromatic carbocycles. The standard InChI is InChI=1S/C12H14BrN3OS/c1-3-16-10(6-8(2)15-16)12(17)14-7-9-4-5-11(13)18-9/h4-6H,3,7H2,1-2H3,(H,14,17). The summed E-state index contributed by atoms with van der Waals surface area (Å²) < 4.78 is 2.79. The second kappa shape index (κ2) is 5.67. The van der Waals surface area contributed by atoms with Crippen LogP contribution >= 0.6 is 27.3 Å². The van der Waals surface area contributed by atoms with Gasteiger partial charge in [0.1, 0.15) is 5.69 Å². The van der Waals surface area contributed by atoms with Crippen LogP contribution in [0.25, 0.3) is 0 Å². The van der Waals surface area contributed by atoms with Gasteiger partial charge >= 0.3 is 0 Å². The van der Waals surface area contributed by atoms with E-state index >= 15 is 0 Å². The molecule has 0 saturated carbocycles. The minimum Gasteiger partial charge on any atom is -0.346 e. The number of nitrogens with zero attached hydrogens (tertiary/aromatic N) is 2. The van der Waals surface area contributed by atoms with Crippen LogP contribution in [-0.2, 0) is 13.1 Å². The summed E-state index contributed by atoms with van der Waals surface area (Å²) >= 11 is 5.02. The van der Waals surface area contributed by atoms with Crippen LogP contribution in [0.2, 0.25) is 0 Å². The molecule has 96 valence electrons. The molecule has 0 unspecified atom stereocenters. The average Bonchev–Trinajstić information content (AvgIpc) is 2.92. The summed E-state index contributed by atoms with van der Waals surface area (Å²) in [6.07, 6.45) is 0. The lowest BCUT2D eigenvalue weighted by Crippen LogP contribution is -2.25. The highest BCUT2D eigenvalue weighted by molar-refractivity contribution is 9.11.